The van der Waals surface area contributed by atoms with Crippen molar-refractivity contribution in [2.75, 3.05) is 33.9 Å². The van der Waals surface area contributed by atoms with E-state index in [0.717, 1.165) is 5.56 Å². The summed E-state index contributed by atoms with van der Waals surface area (Å²) in [7, 11) is 3.42. The zero-order chi connectivity index (χ0) is 24.4. The highest BCUT2D eigenvalue weighted by Crippen LogP contribution is 2.24. The van der Waals surface area contributed by atoms with Crippen molar-refractivity contribution in [3.05, 3.63) is 71.5 Å². The highest BCUT2D eigenvalue weighted by molar-refractivity contribution is 6.01. The monoisotopic (exact) mass is 477 g/mol. The molecule has 1 unspecified atom stereocenters. The van der Waals surface area contributed by atoms with Crippen molar-refractivity contribution >= 4 is 23.7 Å². The molecule has 10 nitrogen and oxygen atoms in total. The molecule has 0 spiro atoms. The number of pyridine rings is 2. The number of fused-ring (bicyclic) bond motifs is 2. The molecule has 3 aromatic heterocycles. The lowest BCUT2D eigenvalue weighted by molar-refractivity contribution is 0.0952. The van der Waals surface area contributed by atoms with Gasteiger partial charge in [0.2, 0.25) is 0 Å². The molecule has 0 saturated carbocycles. The number of Topliss-reactive ketones (excluding diaryl/α,β-unsaturated/α-hetero) is 1. The van der Waals surface area contributed by atoms with Gasteiger partial charge in [-0.15, -0.1) is 10.2 Å². The summed E-state index contributed by atoms with van der Waals surface area (Å²) in [4.78, 5) is 19.2. The Labute approximate surface area is 201 Å². The fourth-order valence-corrected chi connectivity index (χ4v) is 3.91. The predicted octanol–water partition coefficient (Wildman–Crippen LogP) is 2.49. The van der Waals surface area contributed by atoms with Gasteiger partial charge < -0.3 is 14.4 Å². The van der Waals surface area contributed by atoms with Gasteiger partial charge in [-0.1, -0.05) is 6.08 Å². The lowest BCUT2D eigenvalue weighted by Crippen LogP contribution is -2.25. The number of hydrogen-bond acceptors (Lipinski definition) is 9. The number of hydrogen-bond donors (Lipinski definition) is 0. The van der Waals surface area contributed by atoms with Gasteiger partial charge in [0.25, 0.3) is 0 Å². The number of aromatic nitrogens is 4. The van der Waals surface area contributed by atoms with Crippen molar-refractivity contribution in [3.63, 3.8) is 0 Å². The molecule has 0 bridgehead atoms. The number of hydrazone groups is 1. The van der Waals surface area contributed by atoms with E-state index in [-0.39, 0.29) is 30.4 Å². The number of ketones is 1. The molecule has 0 amide bonds. The molecule has 0 N–H and O–H groups in total. The second kappa shape index (κ2) is 9.63. The van der Waals surface area contributed by atoms with E-state index in [1.54, 1.807) is 52.2 Å². The van der Waals surface area contributed by atoms with Crippen LogP contribution < -0.4 is 4.74 Å². The molecule has 3 aromatic rings. The molecule has 180 valence electrons. The van der Waals surface area contributed by atoms with E-state index in [1.165, 1.54) is 6.07 Å². The summed E-state index contributed by atoms with van der Waals surface area (Å²) in [6.07, 6.45) is 12.5. The highest BCUT2D eigenvalue weighted by atomic mass is 19.1. The molecule has 1 atom stereocenters. The van der Waals surface area contributed by atoms with Crippen molar-refractivity contribution in [2.24, 2.45) is 5.10 Å². The second-order valence-corrected chi connectivity index (χ2v) is 8.23. The van der Waals surface area contributed by atoms with Crippen LogP contribution in [0.1, 0.15) is 33.4 Å². The molecular formula is C24H24FN7O3. The van der Waals surface area contributed by atoms with E-state index < -0.39 is 5.82 Å². The molecule has 2 aliphatic heterocycles. The number of nitrogens with zero attached hydrogens (tertiary/aromatic N) is 7. The Morgan fingerprint density at radius 1 is 1.20 bits per heavy atom. The van der Waals surface area contributed by atoms with Crippen LogP contribution in [0.4, 0.5) is 4.39 Å². The van der Waals surface area contributed by atoms with Crippen LogP contribution in [0.3, 0.4) is 0 Å². The van der Waals surface area contributed by atoms with Gasteiger partial charge in [0.1, 0.15) is 12.4 Å². The third kappa shape index (κ3) is 4.76. The maximum atomic E-state index is 14.8. The first-order chi connectivity index (χ1) is 17.0. The van der Waals surface area contributed by atoms with E-state index >= 15 is 0 Å². The molecule has 0 aliphatic carbocycles. The van der Waals surface area contributed by atoms with E-state index in [1.807, 2.05) is 25.5 Å². The second-order valence-electron chi connectivity index (χ2n) is 8.23. The highest BCUT2D eigenvalue weighted by Gasteiger charge is 2.22. The van der Waals surface area contributed by atoms with E-state index in [0.29, 0.717) is 36.0 Å². The Morgan fingerprint density at radius 3 is 2.89 bits per heavy atom. The fraction of sp³-hybridized carbons (Fsp3) is 0.292. The largest absolute Gasteiger partial charge is 0.490 e. The van der Waals surface area contributed by atoms with E-state index in [2.05, 4.69) is 20.3 Å². The van der Waals surface area contributed by atoms with Crippen molar-refractivity contribution in [1.82, 2.24) is 29.5 Å². The molecule has 2 aliphatic rings. The van der Waals surface area contributed by atoms with Crippen molar-refractivity contribution in [1.29, 1.82) is 0 Å². The first kappa shape index (κ1) is 22.7. The van der Waals surface area contributed by atoms with Gasteiger partial charge in [-0.25, -0.2) is 4.39 Å². The molecule has 0 radical (unpaired) electrons. The van der Waals surface area contributed by atoms with Crippen LogP contribution in [0.5, 0.6) is 5.75 Å². The third-order valence-electron chi connectivity index (χ3n) is 5.74. The molecule has 5 heterocycles. The van der Waals surface area contributed by atoms with E-state index in [9.17, 15) is 9.18 Å². The third-order valence-corrected chi connectivity index (χ3v) is 5.74. The van der Waals surface area contributed by atoms with Gasteiger partial charge in [0.15, 0.2) is 23.1 Å². The van der Waals surface area contributed by atoms with Crippen LogP contribution >= 0.6 is 0 Å². The Kier molecular flexibility index (Phi) is 6.23. The summed E-state index contributed by atoms with van der Waals surface area (Å²) in [5.74, 6) is 0.273. The number of halogens is 1. The summed E-state index contributed by atoms with van der Waals surface area (Å²) in [5, 5.41) is 14.1. The Balaban J connectivity index is 1.37. The Morgan fingerprint density at radius 2 is 2.09 bits per heavy atom. The van der Waals surface area contributed by atoms with Crippen LogP contribution in [0.15, 0.2) is 48.1 Å². The quantitative estimate of drug-likeness (QED) is 0.479. The molecule has 0 aromatic carbocycles. The first-order valence-electron chi connectivity index (χ1n) is 11.1. The molecule has 5 rings (SSSR count). The number of ether oxygens (including phenoxy) is 2. The average molecular weight is 478 g/mol. The van der Waals surface area contributed by atoms with Gasteiger partial charge in [-0.3, -0.25) is 19.2 Å². The molecule has 0 saturated heterocycles. The SMILES string of the molecule is COCCOc1cnc2c(c1)C(=O)CN(Cc1nnc3c(F)cc(C4C=CN(C)N=C4)cn13)C=C2. The minimum Gasteiger partial charge on any atom is -0.490 e. The summed E-state index contributed by atoms with van der Waals surface area (Å²) in [6, 6.07) is 3.14. The smallest absolute Gasteiger partial charge is 0.196 e. The Bertz CT molecular complexity index is 1340. The summed E-state index contributed by atoms with van der Waals surface area (Å²) in [5.41, 5.74) is 1.89. The molecular weight excluding hydrogens is 453 g/mol. The fourth-order valence-electron chi connectivity index (χ4n) is 3.91. The summed E-state index contributed by atoms with van der Waals surface area (Å²) >= 11 is 0. The normalized spacial score (nSPS) is 17.2. The predicted molar refractivity (Wildman–Crippen MR) is 126 cm³/mol. The summed E-state index contributed by atoms with van der Waals surface area (Å²) in [6.45, 7) is 1.17. The maximum Gasteiger partial charge on any atom is 0.196 e. The van der Waals surface area contributed by atoms with Crippen molar-refractivity contribution in [3.8, 4) is 5.75 Å². The van der Waals surface area contributed by atoms with Gasteiger partial charge in [-0.2, -0.15) is 5.10 Å². The van der Waals surface area contributed by atoms with Crippen molar-refractivity contribution in [2.45, 2.75) is 12.5 Å². The number of carbonyl (C=O) groups excluding carboxylic acids is 1. The van der Waals surface area contributed by atoms with Crippen LogP contribution in [-0.4, -0.2) is 75.4 Å². The first-order valence-corrected chi connectivity index (χ1v) is 11.1. The van der Waals surface area contributed by atoms with Gasteiger partial charge in [0, 0.05) is 50.5 Å². The summed E-state index contributed by atoms with van der Waals surface area (Å²) < 4.78 is 27.0. The maximum absolute atomic E-state index is 14.8. The zero-order valence-corrected chi connectivity index (χ0v) is 19.3. The van der Waals surface area contributed by atoms with Crippen LogP contribution in [0, 0.1) is 5.82 Å². The standard InChI is InChI=1S/C24H24FN7O3/c1-30-5-3-16(11-27-30)17-9-20(25)24-29-28-23(32(24)13-17)15-31-6-4-21-19(22(33)14-31)10-18(12-26-21)35-8-7-34-2/h3-6,9-13,16H,7-8,14-15H2,1-2H3. The van der Waals surface area contributed by atoms with E-state index in [4.69, 9.17) is 9.47 Å². The zero-order valence-electron chi connectivity index (χ0n) is 19.3. The molecule has 35 heavy (non-hydrogen) atoms. The number of allylic oxidation sites excluding steroid dienone is 1. The Hall–Kier alpha value is -4.12. The van der Waals surface area contributed by atoms with Crippen LogP contribution in [-0.2, 0) is 11.3 Å². The van der Waals surface area contributed by atoms with Gasteiger partial charge >= 0.3 is 0 Å². The number of carbonyl (C=O) groups is 1. The van der Waals surface area contributed by atoms with Gasteiger partial charge in [0.05, 0.1) is 31.6 Å². The topological polar surface area (TPSA) is 97.5 Å². The molecule has 0 fully saturated rings. The lowest BCUT2D eigenvalue weighted by atomic mass is 10.0. The average Bonchev–Trinajstić information content (AvgIpc) is 3.19. The van der Waals surface area contributed by atoms with Gasteiger partial charge in [-0.05, 0) is 23.8 Å². The number of methoxy groups -OCH3 is 1. The molecule has 11 heteroatoms. The van der Waals surface area contributed by atoms with Crippen molar-refractivity contribution < 1.29 is 18.7 Å². The minimum absolute atomic E-state index is 0.105. The minimum atomic E-state index is -0.470. The van der Waals surface area contributed by atoms with Crippen LogP contribution in [0.25, 0.3) is 11.7 Å². The van der Waals surface area contributed by atoms with Crippen LogP contribution in [0.2, 0.25) is 0 Å². The lowest BCUT2D eigenvalue weighted by Gasteiger charge is -2.18. The number of rotatable bonds is 7.